The van der Waals surface area contributed by atoms with Gasteiger partial charge in [-0.1, -0.05) is 40.5 Å². The van der Waals surface area contributed by atoms with Crippen LogP contribution in [0.25, 0.3) is 0 Å². The Hall–Kier alpha value is -0.840. The summed E-state index contributed by atoms with van der Waals surface area (Å²) >= 11 is 9.43. The molecule has 0 aliphatic heterocycles. The third kappa shape index (κ3) is 2.76. The molecule has 0 saturated heterocycles. The first-order valence-corrected chi connectivity index (χ1v) is 7.02. The van der Waals surface area contributed by atoms with Gasteiger partial charge in [0, 0.05) is 28.4 Å². The van der Waals surface area contributed by atoms with Crippen LogP contribution in [0, 0.1) is 0 Å². The summed E-state index contributed by atoms with van der Waals surface area (Å²) in [7, 11) is 0. The summed E-state index contributed by atoms with van der Waals surface area (Å²) < 4.78 is 3.00. The topological polar surface area (TPSA) is 43.8 Å². The van der Waals surface area contributed by atoms with Crippen LogP contribution < -0.4 is 5.73 Å². The second-order valence-corrected chi connectivity index (χ2v) is 5.41. The summed E-state index contributed by atoms with van der Waals surface area (Å²) in [6.07, 6.45) is 4.80. The largest absolute Gasteiger partial charge is 0.333 e. The third-order valence-electron chi connectivity index (χ3n) is 2.79. The highest BCUT2D eigenvalue weighted by atomic mass is 79.9. The molecule has 18 heavy (non-hydrogen) atoms. The van der Waals surface area contributed by atoms with Crippen LogP contribution in [0.5, 0.6) is 0 Å². The van der Waals surface area contributed by atoms with Crippen LogP contribution in [0.3, 0.4) is 0 Å². The fourth-order valence-electron chi connectivity index (χ4n) is 1.92. The summed E-state index contributed by atoms with van der Waals surface area (Å²) in [6.45, 7) is 3.06. The van der Waals surface area contributed by atoms with Gasteiger partial charge in [-0.25, -0.2) is 4.98 Å². The van der Waals surface area contributed by atoms with Gasteiger partial charge in [-0.2, -0.15) is 0 Å². The first-order chi connectivity index (χ1) is 8.63. The molecule has 0 fully saturated rings. The number of halogens is 2. The number of nitrogens with two attached hydrogens (primary N) is 1. The molecule has 3 nitrogen and oxygen atoms in total. The van der Waals surface area contributed by atoms with Crippen LogP contribution in [0.15, 0.2) is 35.1 Å². The molecule has 0 aliphatic rings. The van der Waals surface area contributed by atoms with E-state index < -0.39 is 0 Å². The van der Waals surface area contributed by atoms with Crippen molar-refractivity contribution in [2.75, 3.05) is 0 Å². The molecule has 2 aromatic rings. The van der Waals surface area contributed by atoms with Gasteiger partial charge in [0.15, 0.2) is 0 Å². The first-order valence-electron chi connectivity index (χ1n) is 5.85. The van der Waals surface area contributed by atoms with Crippen molar-refractivity contribution in [3.05, 3.63) is 51.5 Å². The van der Waals surface area contributed by atoms with E-state index in [4.69, 9.17) is 17.3 Å². The molecule has 0 spiro atoms. The molecule has 1 heterocycles. The fraction of sp³-hybridized carbons (Fsp3) is 0.308. The van der Waals surface area contributed by atoms with Gasteiger partial charge in [-0.3, -0.25) is 0 Å². The van der Waals surface area contributed by atoms with Crippen molar-refractivity contribution < 1.29 is 0 Å². The lowest BCUT2D eigenvalue weighted by Crippen LogP contribution is -2.18. The number of nitrogens with zero attached hydrogens (tertiary/aromatic N) is 2. The van der Waals surface area contributed by atoms with Crippen LogP contribution in [0.4, 0.5) is 0 Å². The van der Waals surface area contributed by atoms with Gasteiger partial charge in [-0.05, 0) is 24.1 Å². The van der Waals surface area contributed by atoms with Gasteiger partial charge in [0.2, 0.25) is 0 Å². The molecule has 0 aliphatic carbocycles. The van der Waals surface area contributed by atoms with Gasteiger partial charge >= 0.3 is 0 Å². The van der Waals surface area contributed by atoms with Crippen molar-refractivity contribution >= 4 is 27.5 Å². The predicted octanol–water partition coefficient (Wildman–Crippen LogP) is 3.76. The number of aryl methyl sites for hydroxylation is 1. The Labute approximate surface area is 120 Å². The quantitative estimate of drug-likeness (QED) is 0.928. The lowest BCUT2D eigenvalue weighted by Gasteiger charge is -2.15. The van der Waals surface area contributed by atoms with E-state index in [1.54, 1.807) is 6.20 Å². The van der Waals surface area contributed by atoms with Crippen molar-refractivity contribution in [1.82, 2.24) is 9.55 Å². The summed E-state index contributed by atoms with van der Waals surface area (Å²) in [5.41, 5.74) is 7.28. The van der Waals surface area contributed by atoms with E-state index in [1.165, 1.54) is 0 Å². The first kappa shape index (κ1) is 13.6. The van der Waals surface area contributed by atoms with E-state index in [2.05, 4.69) is 32.4 Å². The number of imidazole rings is 1. The van der Waals surface area contributed by atoms with Crippen LogP contribution in [0.1, 0.15) is 30.8 Å². The highest BCUT2D eigenvalue weighted by Gasteiger charge is 2.17. The molecule has 2 N–H and O–H groups in total. The second-order valence-electron chi connectivity index (χ2n) is 4.12. The van der Waals surface area contributed by atoms with Crippen molar-refractivity contribution in [3.63, 3.8) is 0 Å². The Morgan fingerprint density at radius 3 is 2.94 bits per heavy atom. The Bertz CT molecular complexity index is 539. The zero-order valence-electron chi connectivity index (χ0n) is 10.1. The molecule has 1 aromatic heterocycles. The van der Waals surface area contributed by atoms with Crippen LogP contribution >= 0.6 is 27.5 Å². The lowest BCUT2D eigenvalue weighted by molar-refractivity contribution is 0.612. The molecule has 96 valence electrons. The fourth-order valence-corrected chi connectivity index (χ4v) is 2.85. The van der Waals surface area contributed by atoms with Gasteiger partial charge in [-0.15, -0.1) is 0 Å². The summed E-state index contributed by atoms with van der Waals surface area (Å²) in [5.74, 6) is 0.875. The number of benzene rings is 1. The van der Waals surface area contributed by atoms with E-state index in [9.17, 15) is 0 Å². The molecule has 0 bridgehead atoms. The van der Waals surface area contributed by atoms with Crippen molar-refractivity contribution in [3.8, 4) is 0 Å². The summed E-state index contributed by atoms with van der Waals surface area (Å²) in [5, 5.41) is 0.690. The van der Waals surface area contributed by atoms with E-state index in [1.807, 2.05) is 24.4 Å². The summed E-state index contributed by atoms with van der Waals surface area (Å²) in [4.78, 5) is 4.36. The molecule has 0 amide bonds. The van der Waals surface area contributed by atoms with Crippen LogP contribution in [-0.4, -0.2) is 9.55 Å². The minimum Gasteiger partial charge on any atom is -0.333 e. The standard InChI is InChI=1S/C13H15BrClN3/c1-2-6-18-7-5-17-13(18)12(16)10-4-3-9(15)8-11(10)14/h3-5,7-8,12H,2,6,16H2,1H3. The molecule has 5 heteroatoms. The SMILES string of the molecule is CCCn1ccnc1C(N)c1ccc(Cl)cc1Br. The van der Waals surface area contributed by atoms with E-state index >= 15 is 0 Å². The molecule has 2 rings (SSSR count). The van der Waals surface area contributed by atoms with E-state index in [-0.39, 0.29) is 6.04 Å². The molecular weight excluding hydrogens is 314 g/mol. The average Bonchev–Trinajstić information content (AvgIpc) is 2.77. The zero-order valence-corrected chi connectivity index (χ0v) is 12.4. The smallest absolute Gasteiger partial charge is 0.130 e. The molecule has 1 unspecified atom stereocenters. The van der Waals surface area contributed by atoms with E-state index in [0.717, 1.165) is 28.8 Å². The second kappa shape index (κ2) is 5.87. The Kier molecular flexibility index (Phi) is 4.43. The number of hydrogen-bond acceptors (Lipinski definition) is 2. The number of rotatable bonds is 4. The minimum atomic E-state index is -0.252. The maximum absolute atomic E-state index is 6.29. The molecule has 1 aromatic carbocycles. The Morgan fingerprint density at radius 1 is 1.50 bits per heavy atom. The normalized spacial score (nSPS) is 12.7. The Morgan fingerprint density at radius 2 is 2.28 bits per heavy atom. The summed E-state index contributed by atoms with van der Waals surface area (Å²) in [6, 6.07) is 5.37. The average molecular weight is 329 g/mol. The van der Waals surface area contributed by atoms with Crippen LogP contribution in [-0.2, 0) is 6.54 Å². The number of hydrogen-bond donors (Lipinski definition) is 1. The van der Waals surface area contributed by atoms with Gasteiger partial charge in [0.25, 0.3) is 0 Å². The number of aromatic nitrogens is 2. The zero-order chi connectivity index (χ0) is 13.1. The van der Waals surface area contributed by atoms with Gasteiger partial charge in [0.05, 0.1) is 6.04 Å². The maximum atomic E-state index is 6.29. The van der Waals surface area contributed by atoms with Crippen molar-refractivity contribution in [2.45, 2.75) is 25.9 Å². The molecule has 0 saturated carbocycles. The van der Waals surface area contributed by atoms with Crippen molar-refractivity contribution in [1.29, 1.82) is 0 Å². The predicted molar refractivity (Wildman–Crippen MR) is 77.7 cm³/mol. The van der Waals surface area contributed by atoms with E-state index in [0.29, 0.717) is 5.02 Å². The Balaban J connectivity index is 2.35. The van der Waals surface area contributed by atoms with Crippen LogP contribution in [0.2, 0.25) is 5.02 Å². The molecule has 1 atom stereocenters. The van der Waals surface area contributed by atoms with Gasteiger partial charge < -0.3 is 10.3 Å². The minimum absolute atomic E-state index is 0.252. The van der Waals surface area contributed by atoms with Crippen molar-refractivity contribution in [2.24, 2.45) is 5.73 Å². The monoisotopic (exact) mass is 327 g/mol. The maximum Gasteiger partial charge on any atom is 0.130 e. The highest BCUT2D eigenvalue weighted by molar-refractivity contribution is 9.10. The van der Waals surface area contributed by atoms with Gasteiger partial charge in [0.1, 0.15) is 5.82 Å². The molecule has 0 radical (unpaired) electrons. The highest BCUT2D eigenvalue weighted by Crippen LogP contribution is 2.28. The molecular formula is C13H15BrClN3. The third-order valence-corrected chi connectivity index (χ3v) is 3.71. The lowest BCUT2D eigenvalue weighted by atomic mass is 10.1.